The van der Waals surface area contributed by atoms with Gasteiger partial charge in [-0.25, -0.2) is 53.1 Å². The van der Waals surface area contributed by atoms with Crippen molar-refractivity contribution in [2.24, 2.45) is 0 Å². The maximum Gasteiger partial charge on any atom is 0.336 e. The van der Waals surface area contributed by atoms with Gasteiger partial charge in [0, 0.05) is 74.0 Å². The fraction of sp³-hybridized carbons (Fsp3) is 0.232. The molecule has 0 amide bonds. The lowest BCUT2D eigenvalue weighted by Crippen LogP contribution is -2.41. The van der Waals surface area contributed by atoms with Gasteiger partial charge in [-0.1, -0.05) is 191 Å². The van der Waals surface area contributed by atoms with E-state index in [2.05, 4.69) is 39.8 Å². The third kappa shape index (κ3) is 18.3. The molecule has 0 fully saturated rings. The number of aliphatic carboxylic acids is 1. The number of nitrogens with one attached hydrogen (secondary N) is 3. The van der Waals surface area contributed by atoms with Crippen LogP contribution >= 0.6 is 0 Å². The third-order valence-electron chi connectivity index (χ3n) is 17.1. The lowest BCUT2D eigenvalue weighted by molar-refractivity contribution is -0.161. The number of aryl methyl sites for hydroxylation is 5. The first-order valence-electron chi connectivity index (χ1n) is 33.7. The number of carbonyl (C=O) groups is 3. The van der Waals surface area contributed by atoms with Crippen molar-refractivity contribution in [1.82, 2.24) is 29.9 Å². The van der Waals surface area contributed by atoms with Gasteiger partial charge in [0.15, 0.2) is 11.6 Å². The van der Waals surface area contributed by atoms with E-state index in [1.54, 1.807) is 12.4 Å². The molecule has 0 aliphatic carbocycles. The average molecular weight is 1360 g/mol. The Kier molecular flexibility index (Phi) is 23.2. The van der Waals surface area contributed by atoms with Gasteiger partial charge in [0.2, 0.25) is 0 Å². The first-order valence-corrected chi connectivity index (χ1v) is 33.7. The SMILES string of the molecule is CCc1oc(CC(Nc2ncc(-c3ccccc3)nc2Cc2cccc(F)c2F)C(=O)O)cc1C.CCc1oc(CC(Nc2ncc(-c3ccccc3)nc2Cc2ccccc2)C(=O)OC(=O)C(Cc2cc(C)c(C(C)C)o2)Nc2ncc(-c3ccccc3)nc2Cc2ccccc2)cc1C. The van der Waals surface area contributed by atoms with Gasteiger partial charge in [0.1, 0.15) is 70.1 Å². The molecule has 0 bridgehead atoms. The fourth-order valence-corrected chi connectivity index (χ4v) is 11.9. The quantitative estimate of drug-likeness (QED) is 0.0277. The standard InChI is InChI=1S/C55H54N6O5.C27H25F2N3O3/c1-6-50-36(4)27-42(64-50)31-46(60-52-44(29-38-19-11-7-12-20-38)58-48(33-56-52)40-23-15-9-16-24-40)54(62)66-55(63)47(32-43-28-37(5)51(65-43)35(2)3)61-53-45(30-39-21-13-8-14-22-39)59-49(34-57-53)41-25-17-10-18-26-41;1-3-24-16(2)12-19(35-24)14-22(27(33)34)32-26-21(13-18-10-7-11-20(28)25(18)29)31-23(15-30-26)17-8-5-4-6-9-17/h7-28,33-35,46-47H,6,29-32H2,1-5H3,(H,56,60)(H,57,61);4-12,15,22H,3,13-14H2,1-2H3,(H,30,32)(H,33,34). The van der Waals surface area contributed by atoms with Crippen LogP contribution in [0.1, 0.15) is 119 Å². The molecular formula is C82H79F2N9O8. The topological polar surface area (TPSA) is 234 Å². The first kappa shape index (κ1) is 70.6. The second-order valence-electron chi connectivity index (χ2n) is 25.0. The summed E-state index contributed by atoms with van der Waals surface area (Å²) < 4.78 is 52.5. The van der Waals surface area contributed by atoms with Gasteiger partial charge in [-0.05, 0) is 78.4 Å². The molecule has 514 valence electrons. The number of carboxylic acid groups (broad SMARTS) is 1. The largest absolute Gasteiger partial charge is 0.480 e. The van der Waals surface area contributed by atoms with E-state index < -0.39 is 47.7 Å². The van der Waals surface area contributed by atoms with E-state index in [-0.39, 0.29) is 43.0 Å². The second-order valence-corrected chi connectivity index (χ2v) is 25.0. The van der Waals surface area contributed by atoms with Crippen LogP contribution in [0.4, 0.5) is 26.2 Å². The van der Waals surface area contributed by atoms with Crippen LogP contribution in [-0.2, 0) is 70.5 Å². The summed E-state index contributed by atoms with van der Waals surface area (Å²) in [5.41, 5.74) is 11.1. The molecule has 0 aliphatic rings. The molecule has 3 unspecified atom stereocenters. The zero-order valence-electron chi connectivity index (χ0n) is 57.3. The van der Waals surface area contributed by atoms with E-state index >= 15 is 0 Å². The smallest absolute Gasteiger partial charge is 0.336 e. The summed E-state index contributed by atoms with van der Waals surface area (Å²) in [5, 5.41) is 19.5. The summed E-state index contributed by atoms with van der Waals surface area (Å²) in [7, 11) is 0. The maximum absolute atomic E-state index is 14.7. The molecule has 6 aromatic heterocycles. The van der Waals surface area contributed by atoms with Gasteiger partial charge in [0.25, 0.3) is 0 Å². The van der Waals surface area contributed by atoms with Crippen molar-refractivity contribution >= 4 is 35.4 Å². The zero-order valence-corrected chi connectivity index (χ0v) is 57.3. The van der Waals surface area contributed by atoms with Crippen molar-refractivity contribution in [3.63, 3.8) is 0 Å². The Hall–Kier alpha value is -11.7. The minimum Gasteiger partial charge on any atom is -0.480 e. The highest BCUT2D eigenvalue weighted by molar-refractivity contribution is 5.93. The number of hydrogen-bond donors (Lipinski definition) is 4. The summed E-state index contributed by atoms with van der Waals surface area (Å²) in [5.74, 6) is 0.488. The number of nitrogens with zero attached hydrogens (tertiary/aromatic N) is 6. The van der Waals surface area contributed by atoms with Crippen molar-refractivity contribution in [2.75, 3.05) is 16.0 Å². The molecule has 4 N–H and O–H groups in total. The summed E-state index contributed by atoms with van der Waals surface area (Å²) in [6, 6.07) is 55.1. The molecule has 12 rings (SSSR count). The van der Waals surface area contributed by atoms with Crippen LogP contribution in [0.2, 0.25) is 0 Å². The van der Waals surface area contributed by atoms with E-state index in [1.807, 2.05) is 204 Å². The molecule has 3 atom stereocenters. The van der Waals surface area contributed by atoms with Crippen molar-refractivity contribution < 1.29 is 46.3 Å². The van der Waals surface area contributed by atoms with Gasteiger partial charge < -0.3 is 39.0 Å². The van der Waals surface area contributed by atoms with E-state index in [0.717, 1.165) is 67.9 Å². The van der Waals surface area contributed by atoms with Crippen molar-refractivity contribution in [2.45, 2.75) is 124 Å². The summed E-state index contributed by atoms with van der Waals surface area (Å²) in [6.45, 7) is 14.0. The molecule has 0 radical (unpaired) electrons. The van der Waals surface area contributed by atoms with Gasteiger partial charge >= 0.3 is 17.9 Å². The highest BCUT2D eigenvalue weighted by atomic mass is 19.2. The molecule has 0 saturated heterocycles. The van der Waals surface area contributed by atoms with E-state index in [0.29, 0.717) is 88.8 Å². The molecule has 12 aromatic rings. The number of furan rings is 3. The number of anilines is 3. The lowest BCUT2D eigenvalue weighted by atomic mass is 10.1. The Balaban J connectivity index is 0.000000246. The fourth-order valence-electron chi connectivity index (χ4n) is 11.9. The number of halogens is 2. The predicted molar refractivity (Wildman–Crippen MR) is 385 cm³/mol. The lowest BCUT2D eigenvalue weighted by Gasteiger charge is -2.22. The third-order valence-corrected chi connectivity index (χ3v) is 17.1. The number of aromatic nitrogens is 6. The molecule has 0 saturated carbocycles. The molecular weight excluding hydrogens is 1280 g/mol. The van der Waals surface area contributed by atoms with Crippen LogP contribution in [0.15, 0.2) is 220 Å². The Labute approximate surface area is 585 Å². The van der Waals surface area contributed by atoms with E-state index in [4.69, 9.17) is 37.9 Å². The summed E-state index contributed by atoms with van der Waals surface area (Å²) in [6.07, 6.45) is 7.26. The normalized spacial score (nSPS) is 12.1. The number of rotatable bonds is 27. The van der Waals surface area contributed by atoms with Crippen molar-refractivity contribution in [1.29, 1.82) is 0 Å². The summed E-state index contributed by atoms with van der Waals surface area (Å²) in [4.78, 5) is 70.3. The minimum absolute atomic E-state index is 0.0650. The van der Waals surface area contributed by atoms with Gasteiger partial charge in [-0.15, -0.1) is 0 Å². The Morgan fingerprint density at radius 3 is 1.21 bits per heavy atom. The Bertz CT molecular complexity index is 4780. The zero-order chi connectivity index (χ0) is 70.9. The average Bonchev–Trinajstić information content (AvgIpc) is 1.27. The van der Waals surface area contributed by atoms with Crippen LogP contribution in [0.3, 0.4) is 0 Å². The van der Waals surface area contributed by atoms with Gasteiger partial charge in [-0.2, -0.15) is 0 Å². The monoisotopic (exact) mass is 1360 g/mol. The molecule has 0 spiro atoms. The van der Waals surface area contributed by atoms with Gasteiger partial charge in [0.05, 0.1) is 52.8 Å². The predicted octanol–water partition coefficient (Wildman–Crippen LogP) is 16.7. The molecule has 6 heterocycles. The summed E-state index contributed by atoms with van der Waals surface area (Å²) >= 11 is 0. The van der Waals surface area contributed by atoms with Crippen molar-refractivity contribution in [3.05, 3.63) is 303 Å². The second kappa shape index (κ2) is 33.2. The highest BCUT2D eigenvalue weighted by Crippen LogP contribution is 2.31. The Morgan fingerprint density at radius 1 is 0.465 bits per heavy atom. The highest BCUT2D eigenvalue weighted by Gasteiger charge is 2.33. The maximum atomic E-state index is 14.7. The molecule has 19 heteroatoms. The first-order chi connectivity index (χ1) is 48.9. The number of carboxylic acids is 1. The van der Waals surface area contributed by atoms with Crippen LogP contribution in [-0.4, -0.2) is 71.0 Å². The minimum atomic E-state index is -1.11. The molecule has 101 heavy (non-hydrogen) atoms. The Morgan fingerprint density at radius 2 is 0.832 bits per heavy atom. The number of hydrogen-bond acceptors (Lipinski definition) is 16. The molecule has 17 nitrogen and oxygen atoms in total. The van der Waals surface area contributed by atoms with E-state index in [1.165, 1.54) is 18.3 Å². The van der Waals surface area contributed by atoms with E-state index in [9.17, 15) is 28.3 Å². The van der Waals surface area contributed by atoms with Crippen LogP contribution in [0, 0.1) is 32.4 Å². The van der Waals surface area contributed by atoms with Crippen LogP contribution in [0.5, 0.6) is 0 Å². The molecule has 0 aliphatic heterocycles. The number of esters is 2. The number of ether oxygens (including phenoxy) is 1. The van der Waals surface area contributed by atoms with Crippen LogP contribution in [0.25, 0.3) is 33.8 Å². The van der Waals surface area contributed by atoms with Gasteiger partial charge in [-0.3, -0.25) is 0 Å². The number of benzene rings is 6. The van der Waals surface area contributed by atoms with Crippen LogP contribution < -0.4 is 16.0 Å². The number of carbonyl (C=O) groups excluding carboxylic acids is 2. The molecule has 6 aromatic carbocycles. The van der Waals surface area contributed by atoms with Crippen molar-refractivity contribution in [3.8, 4) is 33.8 Å².